The van der Waals surface area contributed by atoms with Gasteiger partial charge in [0.15, 0.2) is 5.13 Å². The minimum atomic E-state index is -0.414. The Morgan fingerprint density at radius 3 is 2.60 bits per heavy atom. The van der Waals surface area contributed by atoms with E-state index in [1.54, 1.807) is 35.7 Å². The molecule has 3 rings (SSSR count). The predicted octanol–water partition coefficient (Wildman–Crippen LogP) is 3.31. The van der Waals surface area contributed by atoms with E-state index in [1.165, 1.54) is 46.4 Å². The lowest BCUT2D eigenvalue weighted by molar-refractivity contribution is -0.116. The molecule has 9 heteroatoms. The van der Waals surface area contributed by atoms with E-state index in [1.807, 2.05) is 6.92 Å². The van der Waals surface area contributed by atoms with E-state index < -0.39 is 11.5 Å². The monoisotopic (exact) mass is 428 g/mol. The van der Waals surface area contributed by atoms with E-state index in [0.717, 1.165) is 5.56 Å². The fraction of sp³-hybridized carbons (Fsp3) is 0.238. The van der Waals surface area contributed by atoms with Gasteiger partial charge in [-0.2, -0.15) is 0 Å². The van der Waals surface area contributed by atoms with Gasteiger partial charge in [0.1, 0.15) is 12.4 Å². The second-order valence-corrected chi connectivity index (χ2v) is 7.56. The lowest BCUT2D eigenvalue weighted by Gasteiger charge is -2.28. The van der Waals surface area contributed by atoms with Crippen molar-refractivity contribution in [1.29, 1.82) is 0 Å². The number of hydrogen-bond donors (Lipinski definition) is 1. The van der Waals surface area contributed by atoms with E-state index in [2.05, 4.69) is 10.3 Å². The number of aromatic nitrogens is 2. The number of pyridine rings is 1. The van der Waals surface area contributed by atoms with Gasteiger partial charge in [-0.1, -0.05) is 19.1 Å². The van der Waals surface area contributed by atoms with Crippen LogP contribution in [0, 0.1) is 5.82 Å². The van der Waals surface area contributed by atoms with Gasteiger partial charge in [-0.25, -0.2) is 9.37 Å². The summed E-state index contributed by atoms with van der Waals surface area (Å²) < 4.78 is 14.4. The highest BCUT2D eigenvalue weighted by atomic mass is 32.1. The van der Waals surface area contributed by atoms with Crippen molar-refractivity contribution < 1.29 is 14.0 Å². The molecule has 0 unspecified atom stereocenters. The molecule has 0 aliphatic rings. The second kappa shape index (κ2) is 9.45. The zero-order valence-electron chi connectivity index (χ0n) is 16.5. The Balaban J connectivity index is 1.78. The summed E-state index contributed by atoms with van der Waals surface area (Å²) in [5, 5.41) is 4.76. The van der Waals surface area contributed by atoms with Crippen molar-refractivity contribution in [2.45, 2.75) is 25.9 Å². The van der Waals surface area contributed by atoms with Gasteiger partial charge in [0.2, 0.25) is 5.91 Å². The molecule has 7 nitrogen and oxygen atoms in total. The van der Waals surface area contributed by atoms with Gasteiger partial charge in [0.05, 0.1) is 11.6 Å². The Kier molecular flexibility index (Phi) is 6.73. The first kappa shape index (κ1) is 21.4. The Morgan fingerprint density at radius 2 is 1.97 bits per heavy atom. The van der Waals surface area contributed by atoms with Crippen molar-refractivity contribution in [2.75, 3.05) is 12.4 Å². The number of carbonyl (C=O) groups is 2. The van der Waals surface area contributed by atoms with E-state index in [4.69, 9.17) is 0 Å². The third-order valence-electron chi connectivity index (χ3n) is 4.65. The van der Waals surface area contributed by atoms with Crippen LogP contribution in [0.4, 0.5) is 9.52 Å². The molecule has 0 saturated carbocycles. The lowest BCUT2D eigenvalue weighted by Crippen LogP contribution is -2.33. The summed E-state index contributed by atoms with van der Waals surface area (Å²) in [6.07, 6.45) is 3.57. The molecule has 1 N–H and O–H groups in total. The molecule has 156 valence electrons. The van der Waals surface area contributed by atoms with Crippen LogP contribution in [0.3, 0.4) is 0 Å². The van der Waals surface area contributed by atoms with Crippen LogP contribution in [-0.4, -0.2) is 33.3 Å². The summed E-state index contributed by atoms with van der Waals surface area (Å²) in [5.41, 5.74) is 0.694. The normalized spacial score (nSPS) is 11.7. The summed E-state index contributed by atoms with van der Waals surface area (Å²) in [4.78, 5) is 42.9. The van der Waals surface area contributed by atoms with Crippen LogP contribution < -0.4 is 10.9 Å². The average molecular weight is 428 g/mol. The molecule has 0 aliphatic carbocycles. The molecule has 0 aliphatic heterocycles. The summed E-state index contributed by atoms with van der Waals surface area (Å²) in [5.74, 6) is -1.06. The maximum atomic E-state index is 13.2. The first-order valence-electron chi connectivity index (χ1n) is 9.31. The number of halogens is 1. The molecular formula is C21H21FN4O3S. The number of nitrogens with zero attached hydrogens (tertiary/aromatic N) is 3. The van der Waals surface area contributed by atoms with E-state index >= 15 is 0 Å². The third-order valence-corrected chi connectivity index (χ3v) is 5.34. The van der Waals surface area contributed by atoms with Crippen LogP contribution in [0.2, 0.25) is 0 Å². The highest BCUT2D eigenvalue weighted by Crippen LogP contribution is 2.24. The van der Waals surface area contributed by atoms with Crippen molar-refractivity contribution in [3.8, 4) is 0 Å². The quantitative estimate of drug-likeness (QED) is 0.626. The lowest BCUT2D eigenvalue weighted by atomic mass is 10.0. The standard InChI is InChI=1S/C21H21FN4O3S/c1-3-17(14-4-7-16(22)8-5-14)25(2)20(29)15-6-9-19(28)26(12-15)13-18(27)24-21-23-10-11-30-21/h4-12,17H,3,13H2,1-2H3,(H,23,24,27)/t17-/m0/s1. The molecule has 3 aromatic rings. The van der Waals surface area contributed by atoms with E-state index in [9.17, 15) is 18.8 Å². The van der Waals surface area contributed by atoms with Crippen molar-refractivity contribution in [3.63, 3.8) is 0 Å². The first-order chi connectivity index (χ1) is 14.4. The van der Waals surface area contributed by atoms with Crippen LogP contribution in [-0.2, 0) is 11.3 Å². The third kappa shape index (κ3) is 4.98. The van der Waals surface area contributed by atoms with E-state index in [0.29, 0.717) is 11.6 Å². The number of rotatable bonds is 7. The number of hydrogen-bond acceptors (Lipinski definition) is 5. The fourth-order valence-electron chi connectivity index (χ4n) is 3.14. The Hall–Kier alpha value is -3.33. The largest absolute Gasteiger partial charge is 0.335 e. The molecule has 0 bridgehead atoms. The smallest absolute Gasteiger partial charge is 0.255 e. The molecular weight excluding hydrogens is 407 g/mol. The first-order valence-corrected chi connectivity index (χ1v) is 10.2. The summed E-state index contributed by atoms with van der Waals surface area (Å²) in [6.45, 7) is 1.69. The zero-order chi connectivity index (χ0) is 21.7. The fourth-order valence-corrected chi connectivity index (χ4v) is 3.69. The summed E-state index contributed by atoms with van der Waals surface area (Å²) in [7, 11) is 1.66. The molecule has 30 heavy (non-hydrogen) atoms. The minimum absolute atomic E-state index is 0.238. The van der Waals surface area contributed by atoms with Crippen molar-refractivity contribution >= 4 is 28.3 Å². The van der Waals surface area contributed by atoms with Crippen LogP contribution in [0.1, 0.15) is 35.3 Å². The number of benzene rings is 1. The number of carbonyl (C=O) groups excluding carboxylic acids is 2. The van der Waals surface area contributed by atoms with Gasteiger partial charge in [0.25, 0.3) is 11.5 Å². The summed E-state index contributed by atoms with van der Waals surface area (Å²) >= 11 is 1.27. The molecule has 2 aromatic heterocycles. The maximum absolute atomic E-state index is 13.2. The average Bonchev–Trinajstić information content (AvgIpc) is 3.23. The second-order valence-electron chi connectivity index (χ2n) is 6.66. The zero-order valence-corrected chi connectivity index (χ0v) is 17.4. The minimum Gasteiger partial charge on any atom is -0.335 e. The number of anilines is 1. The van der Waals surface area contributed by atoms with Gasteiger partial charge in [-0.3, -0.25) is 14.4 Å². The summed E-state index contributed by atoms with van der Waals surface area (Å²) in [6, 6.07) is 8.46. The van der Waals surface area contributed by atoms with Gasteiger partial charge >= 0.3 is 0 Å². The number of nitrogens with one attached hydrogen (secondary N) is 1. The highest BCUT2D eigenvalue weighted by molar-refractivity contribution is 7.13. The molecule has 0 fully saturated rings. The van der Waals surface area contributed by atoms with Gasteiger partial charge in [0, 0.05) is 30.9 Å². The van der Waals surface area contributed by atoms with Crippen molar-refractivity contribution in [3.05, 3.63) is 81.5 Å². The molecule has 2 heterocycles. The Morgan fingerprint density at radius 1 is 1.23 bits per heavy atom. The number of thiazole rings is 1. The molecule has 0 spiro atoms. The maximum Gasteiger partial charge on any atom is 0.255 e. The van der Waals surface area contributed by atoms with Crippen molar-refractivity contribution in [2.24, 2.45) is 0 Å². The molecule has 0 radical (unpaired) electrons. The van der Waals surface area contributed by atoms with Gasteiger partial charge in [-0.05, 0) is 30.2 Å². The van der Waals surface area contributed by atoms with Crippen LogP contribution in [0.5, 0.6) is 0 Å². The topological polar surface area (TPSA) is 84.3 Å². The molecule has 1 aromatic carbocycles. The molecule has 0 saturated heterocycles. The van der Waals surface area contributed by atoms with Gasteiger partial charge < -0.3 is 14.8 Å². The predicted molar refractivity (Wildman–Crippen MR) is 113 cm³/mol. The SMILES string of the molecule is CC[C@@H](c1ccc(F)cc1)N(C)C(=O)c1ccc(=O)n(CC(=O)Nc2nccs2)c1. The highest BCUT2D eigenvalue weighted by Gasteiger charge is 2.22. The number of amides is 2. The van der Waals surface area contributed by atoms with Crippen LogP contribution in [0.25, 0.3) is 0 Å². The van der Waals surface area contributed by atoms with E-state index in [-0.39, 0.29) is 29.9 Å². The van der Waals surface area contributed by atoms with Gasteiger partial charge in [-0.15, -0.1) is 11.3 Å². The van der Waals surface area contributed by atoms with Crippen molar-refractivity contribution in [1.82, 2.24) is 14.5 Å². The molecule has 1 atom stereocenters. The van der Waals surface area contributed by atoms with Crippen LogP contribution in [0.15, 0.2) is 59.0 Å². The Bertz CT molecular complexity index is 1080. The molecule has 2 amide bonds. The van der Waals surface area contributed by atoms with Crippen LogP contribution >= 0.6 is 11.3 Å². The Labute approximate surface area is 176 Å².